The largest absolute Gasteiger partial charge is 0.394 e. The van der Waals surface area contributed by atoms with E-state index in [1.807, 2.05) is 27.7 Å². The molecule has 0 amide bonds. The zero-order valence-corrected chi connectivity index (χ0v) is 16.7. The summed E-state index contributed by atoms with van der Waals surface area (Å²) in [7, 11) is 0. The van der Waals surface area contributed by atoms with Crippen molar-refractivity contribution in [3.63, 3.8) is 0 Å². The molecule has 4 unspecified atom stereocenters. The van der Waals surface area contributed by atoms with E-state index in [1.165, 1.54) is 0 Å². The fourth-order valence-corrected chi connectivity index (χ4v) is 3.36. The van der Waals surface area contributed by atoms with Gasteiger partial charge in [-0.15, -0.1) is 0 Å². The molecule has 0 aromatic rings. The van der Waals surface area contributed by atoms with Crippen LogP contribution in [0.15, 0.2) is 0 Å². The van der Waals surface area contributed by atoms with E-state index in [0.717, 1.165) is 0 Å². The molecule has 184 valence electrons. The molecule has 0 bridgehead atoms. The fraction of sp³-hybridized carbons (Fsp3) is 1.00. The fourth-order valence-electron chi connectivity index (χ4n) is 3.36. The lowest BCUT2D eigenvalue weighted by Crippen LogP contribution is -2.59. The van der Waals surface area contributed by atoms with Gasteiger partial charge in [-0.25, -0.2) is 0 Å². The normalized spacial score (nSPS) is 41.4. The average Bonchev–Trinajstić information content (AvgIpc) is 2.64. The summed E-state index contributed by atoms with van der Waals surface area (Å²) in [6, 6.07) is 0. The van der Waals surface area contributed by atoms with Crippen molar-refractivity contribution in [1.82, 2.24) is 0 Å². The molecule has 0 radical (unpaired) electrons. The van der Waals surface area contributed by atoms with Crippen LogP contribution in [0.5, 0.6) is 0 Å². The van der Waals surface area contributed by atoms with Crippen LogP contribution in [0.1, 0.15) is 42.5 Å². The van der Waals surface area contributed by atoms with Crippen molar-refractivity contribution in [1.29, 1.82) is 0 Å². The summed E-state index contributed by atoms with van der Waals surface area (Å²) in [5.74, 6) is 0.0300. The molecule has 10 heteroatoms. The first-order valence-electron chi connectivity index (χ1n) is 9.58. The lowest BCUT2D eigenvalue weighted by Gasteiger charge is -2.41. The Labute approximate surface area is 179 Å². The van der Waals surface area contributed by atoms with E-state index in [0.29, 0.717) is 0 Å². The first kappa shape index (κ1) is 31.8. The summed E-state index contributed by atoms with van der Waals surface area (Å²) in [5, 5.41) is 74.7. The van der Waals surface area contributed by atoms with E-state index < -0.39 is 61.0 Å². The molecule has 2 fully saturated rings. The van der Waals surface area contributed by atoms with Crippen molar-refractivity contribution in [3.05, 3.63) is 0 Å². The maximum absolute atomic E-state index is 9.57. The van der Waals surface area contributed by atoms with E-state index in [1.54, 1.807) is 0 Å². The molecule has 0 saturated carbocycles. The van der Waals surface area contributed by atoms with Gasteiger partial charge in [-0.1, -0.05) is 42.5 Å². The lowest BCUT2D eigenvalue weighted by molar-refractivity contribution is -0.238. The quantitative estimate of drug-likeness (QED) is 0.247. The van der Waals surface area contributed by atoms with Gasteiger partial charge in [0.15, 0.2) is 0 Å². The van der Waals surface area contributed by atoms with Crippen LogP contribution in [0.4, 0.5) is 0 Å². The van der Waals surface area contributed by atoms with Gasteiger partial charge in [0.1, 0.15) is 48.8 Å². The van der Waals surface area contributed by atoms with Crippen LogP contribution in [0.2, 0.25) is 0 Å². The SMILES string of the molecule is C.C.CC(C)[C@@H]1OC(CO)[C@H](O)C(O)[C@H]1O.CC(C)[C@H]1OC(CO)[C@H](O)C(O)[C@H]1O. The van der Waals surface area contributed by atoms with Gasteiger partial charge in [-0.05, 0) is 11.8 Å². The number of ether oxygens (including phenoxy) is 2. The summed E-state index contributed by atoms with van der Waals surface area (Å²) in [4.78, 5) is 0. The van der Waals surface area contributed by atoms with E-state index in [-0.39, 0.29) is 39.9 Å². The van der Waals surface area contributed by atoms with Gasteiger partial charge in [-0.3, -0.25) is 0 Å². The minimum atomic E-state index is -1.26. The van der Waals surface area contributed by atoms with E-state index in [4.69, 9.17) is 19.7 Å². The van der Waals surface area contributed by atoms with Gasteiger partial charge in [0.2, 0.25) is 0 Å². The van der Waals surface area contributed by atoms with Crippen LogP contribution in [-0.2, 0) is 9.47 Å². The van der Waals surface area contributed by atoms with Crippen LogP contribution in [0, 0.1) is 11.8 Å². The zero-order valence-electron chi connectivity index (χ0n) is 16.7. The highest BCUT2D eigenvalue weighted by Gasteiger charge is 2.45. The lowest BCUT2D eigenvalue weighted by atomic mass is 9.90. The van der Waals surface area contributed by atoms with Crippen molar-refractivity contribution >= 4 is 0 Å². The van der Waals surface area contributed by atoms with Crippen molar-refractivity contribution in [2.45, 2.75) is 104 Å². The Morgan fingerprint density at radius 3 is 1.00 bits per heavy atom. The first-order valence-corrected chi connectivity index (χ1v) is 9.58. The summed E-state index contributed by atoms with van der Waals surface area (Å²) in [6.07, 6.45) is -9.92. The Morgan fingerprint density at radius 2 is 0.800 bits per heavy atom. The summed E-state index contributed by atoms with van der Waals surface area (Å²) < 4.78 is 10.6. The molecule has 0 aromatic heterocycles. The van der Waals surface area contributed by atoms with Gasteiger partial charge in [0, 0.05) is 0 Å². The number of aliphatic hydroxyl groups is 8. The highest BCUT2D eigenvalue weighted by Crippen LogP contribution is 2.26. The third-order valence-corrected chi connectivity index (χ3v) is 5.17. The molecule has 2 saturated heterocycles. The maximum Gasteiger partial charge on any atom is 0.111 e. The highest BCUT2D eigenvalue weighted by molar-refractivity contribution is 4.93. The second kappa shape index (κ2) is 13.9. The van der Waals surface area contributed by atoms with Crippen LogP contribution < -0.4 is 0 Å². The second-order valence-corrected chi connectivity index (χ2v) is 8.08. The number of hydrogen-bond acceptors (Lipinski definition) is 10. The van der Waals surface area contributed by atoms with Crippen LogP contribution in [0.25, 0.3) is 0 Å². The monoisotopic (exact) mass is 444 g/mol. The van der Waals surface area contributed by atoms with Gasteiger partial charge >= 0.3 is 0 Å². The molecule has 0 aromatic carbocycles. The predicted molar refractivity (Wildman–Crippen MR) is 111 cm³/mol. The van der Waals surface area contributed by atoms with E-state index >= 15 is 0 Å². The van der Waals surface area contributed by atoms with Crippen molar-refractivity contribution in [2.24, 2.45) is 11.8 Å². The van der Waals surface area contributed by atoms with Crippen LogP contribution in [0.3, 0.4) is 0 Å². The van der Waals surface area contributed by atoms with Gasteiger partial charge < -0.3 is 50.3 Å². The molecular weight excluding hydrogens is 400 g/mol. The van der Waals surface area contributed by atoms with Gasteiger partial charge in [0.05, 0.1) is 25.4 Å². The van der Waals surface area contributed by atoms with E-state index in [2.05, 4.69) is 0 Å². The maximum atomic E-state index is 9.57. The molecule has 2 aliphatic rings. The molecule has 2 rings (SSSR count). The Kier molecular flexibility index (Phi) is 14.7. The number of aliphatic hydroxyl groups excluding tert-OH is 8. The zero-order chi connectivity index (χ0) is 21.8. The predicted octanol–water partition coefficient (Wildman–Crippen LogP) is -1.76. The second-order valence-electron chi connectivity index (χ2n) is 8.08. The first-order chi connectivity index (χ1) is 13.0. The molecule has 0 spiro atoms. The number of hydrogen-bond donors (Lipinski definition) is 8. The van der Waals surface area contributed by atoms with Crippen molar-refractivity contribution in [2.75, 3.05) is 13.2 Å². The summed E-state index contributed by atoms with van der Waals surface area (Å²) in [6.45, 7) is 6.63. The third kappa shape index (κ3) is 7.33. The third-order valence-electron chi connectivity index (χ3n) is 5.17. The molecule has 30 heavy (non-hydrogen) atoms. The summed E-state index contributed by atoms with van der Waals surface area (Å²) >= 11 is 0. The smallest absolute Gasteiger partial charge is 0.111 e. The van der Waals surface area contributed by atoms with Gasteiger partial charge in [0.25, 0.3) is 0 Å². The summed E-state index contributed by atoms with van der Waals surface area (Å²) in [5.41, 5.74) is 0. The van der Waals surface area contributed by atoms with Crippen LogP contribution >= 0.6 is 0 Å². The minimum Gasteiger partial charge on any atom is -0.394 e. The minimum absolute atomic E-state index is 0. The topological polar surface area (TPSA) is 180 Å². The molecular formula is C20H44O10. The molecule has 10 atom stereocenters. The molecule has 2 heterocycles. The standard InChI is InChI=1S/2C9H18O5.2CH4/c2*1-4(2)9-8(13)7(12)6(11)5(3-10)14-9;;/h2*4-13H,3H2,1-2H3;2*1H4/t5?,6-,7?,8+,9+;5?,6-,7?,8+,9-;;/m00../s1. The van der Waals surface area contributed by atoms with Crippen LogP contribution in [-0.4, -0.2) is 115 Å². The molecule has 0 aliphatic carbocycles. The van der Waals surface area contributed by atoms with Crippen molar-refractivity contribution in [3.8, 4) is 0 Å². The molecule has 10 nitrogen and oxygen atoms in total. The van der Waals surface area contributed by atoms with Crippen molar-refractivity contribution < 1.29 is 50.3 Å². The molecule has 2 aliphatic heterocycles. The van der Waals surface area contributed by atoms with Gasteiger partial charge in [-0.2, -0.15) is 0 Å². The van der Waals surface area contributed by atoms with E-state index in [9.17, 15) is 30.6 Å². The average molecular weight is 445 g/mol. The Morgan fingerprint density at radius 1 is 0.533 bits per heavy atom. The molecule has 8 N–H and O–H groups in total. The Bertz CT molecular complexity index is 405. The Hall–Kier alpha value is -0.400. The Balaban J connectivity index is 0. The number of rotatable bonds is 4. The highest BCUT2D eigenvalue weighted by atomic mass is 16.6.